The fourth-order valence-electron chi connectivity index (χ4n) is 3.40. The molecular formula is C21H22N4O. The molecule has 4 rings (SSSR count). The van der Waals surface area contributed by atoms with Crippen LogP contribution in [0, 0.1) is 0 Å². The number of carbonyl (C=O) groups is 1. The lowest BCUT2D eigenvalue weighted by atomic mass is 10.1. The van der Waals surface area contributed by atoms with Gasteiger partial charge in [-0.05, 0) is 35.4 Å². The smallest absolute Gasteiger partial charge is 0.227 e. The van der Waals surface area contributed by atoms with Crippen molar-refractivity contribution in [2.24, 2.45) is 0 Å². The average Bonchev–Trinajstić information content (AvgIpc) is 2.69. The molecule has 1 aliphatic rings. The molecule has 0 aliphatic carbocycles. The van der Waals surface area contributed by atoms with E-state index in [2.05, 4.69) is 27.0 Å². The Bertz CT molecular complexity index is 889. The van der Waals surface area contributed by atoms with Gasteiger partial charge in [0.15, 0.2) is 0 Å². The van der Waals surface area contributed by atoms with E-state index < -0.39 is 0 Å². The summed E-state index contributed by atoms with van der Waals surface area (Å²) in [6, 6.07) is 14.2. The quantitative estimate of drug-likeness (QED) is 0.728. The highest BCUT2D eigenvalue weighted by molar-refractivity contribution is 5.79. The largest absolute Gasteiger partial charge is 0.340 e. The van der Waals surface area contributed by atoms with Crippen LogP contribution in [0.15, 0.2) is 61.1 Å². The second-order valence-electron chi connectivity index (χ2n) is 6.73. The van der Waals surface area contributed by atoms with Gasteiger partial charge in [0, 0.05) is 56.7 Å². The number of carbonyl (C=O) groups excluding carboxylic acids is 1. The van der Waals surface area contributed by atoms with E-state index in [1.807, 2.05) is 41.4 Å². The summed E-state index contributed by atoms with van der Waals surface area (Å²) in [5.41, 5.74) is 3.28. The molecule has 132 valence electrons. The van der Waals surface area contributed by atoms with E-state index >= 15 is 0 Å². The Morgan fingerprint density at radius 1 is 0.962 bits per heavy atom. The summed E-state index contributed by atoms with van der Waals surface area (Å²) >= 11 is 0. The van der Waals surface area contributed by atoms with Crippen molar-refractivity contribution in [1.29, 1.82) is 0 Å². The van der Waals surface area contributed by atoms with Crippen molar-refractivity contribution < 1.29 is 4.79 Å². The van der Waals surface area contributed by atoms with Crippen LogP contribution in [0.5, 0.6) is 0 Å². The Hall–Kier alpha value is -2.79. The van der Waals surface area contributed by atoms with Gasteiger partial charge in [0.1, 0.15) is 0 Å². The van der Waals surface area contributed by atoms with Crippen LogP contribution in [-0.2, 0) is 17.8 Å². The minimum Gasteiger partial charge on any atom is -0.340 e. The van der Waals surface area contributed by atoms with E-state index in [4.69, 9.17) is 0 Å². The summed E-state index contributed by atoms with van der Waals surface area (Å²) in [6.07, 6.45) is 5.89. The zero-order valence-corrected chi connectivity index (χ0v) is 14.7. The molecule has 26 heavy (non-hydrogen) atoms. The number of piperazine rings is 1. The lowest BCUT2D eigenvalue weighted by molar-refractivity contribution is -0.132. The molecule has 1 saturated heterocycles. The second-order valence-corrected chi connectivity index (χ2v) is 6.73. The van der Waals surface area contributed by atoms with Crippen LogP contribution in [0.25, 0.3) is 10.9 Å². The van der Waals surface area contributed by atoms with Crippen LogP contribution in [0.4, 0.5) is 0 Å². The highest BCUT2D eigenvalue weighted by atomic mass is 16.2. The van der Waals surface area contributed by atoms with Gasteiger partial charge in [-0.15, -0.1) is 0 Å². The van der Waals surface area contributed by atoms with Crippen molar-refractivity contribution in [1.82, 2.24) is 19.8 Å². The fraction of sp³-hybridized carbons (Fsp3) is 0.286. The van der Waals surface area contributed by atoms with Crippen molar-refractivity contribution in [3.63, 3.8) is 0 Å². The number of hydrogen-bond donors (Lipinski definition) is 0. The molecule has 0 N–H and O–H groups in total. The second kappa shape index (κ2) is 7.62. The van der Waals surface area contributed by atoms with E-state index in [9.17, 15) is 4.79 Å². The number of amides is 1. The number of pyridine rings is 2. The first-order valence-corrected chi connectivity index (χ1v) is 9.01. The van der Waals surface area contributed by atoms with Crippen molar-refractivity contribution in [3.8, 4) is 0 Å². The predicted octanol–water partition coefficient (Wildman–Crippen LogP) is 2.52. The summed E-state index contributed by atoms with van der Waals surface area (Å²) in [7, 11) is 0. The van der Waals surface area contributed by atoms with Crippen molar-refractivity contribution in [2.75, 3.05) is 26.2 Å². The zero-order chi connectivity index (χ0) is 17.8. The summed E-state index contributed by atoms with van der Waals surface area (Å²) in [6.45, 7) is 4.24. The van der Waals surface area contributed by atoms with E-state index in [1.54, 1.807) is 12.4 Å². The summed E-state index contributed by atoms with van der Waals surface area (Å²) in [4.78, 5) is 25.4. The number of para-hydroxylation sites is 1. The molecule has 0 atom stereocenters. The average molecular weight is 346 g/mol. The third-order valence-electron chi connectivity index (χ3n) is 4.88. The summed E-state index contributed by atoms with van der Waals surface area (Å²) in [5, 5.41) is 1.18. The molecule has 2 aromatic heterocycles. The number of fused-ring (bicyclic) bond motifs is 1. The molecule has 0 spiro atoms. The Kier molecular flexibility index (Phi) is 4.88. The maximum absolute atomic E-state index is 12.5. The molecule has 1 fully saturated rings. The molecule has 0 bridgehead atoms. The Morgan fingerprint density at radius 3 is 2.54 bits per heavy atom. The maximum Gasteiger partial charge on any atom is 0.227 e. The standard InChI is InChI=1S/C21H22N4O/c26-21(14-17-5-7-22-8-6-17)25-11-9-24(10-12-25)16-18-13-19-3-1-2-4-20(19)23-15-18/h1-8,13,15H,9-12,14,16H2. The van der Waals surface area contributed by atoms with Gasteiger partial charge in [-0.2, -0.15) is 0 Å². The molecule has 0 saturated carbocycles. The summed E-state index contributed by atoms with van der Waals surface area (Å²) < 4.78 is 0. The number of aromatic nitrogens is 2. The SMILES string of the molecule is O=C(Cc1ccncc1)N1CCN(Cc2cnc3ccccc3c2)CC1. The maximum atomic E-state index is 12.5. The molecule has 1 amide bonds. The molecule has 3 heterocycles. The van der Waals surface area contributed by atoms with Gasteiger partial charge in [0.2, 0.25) is 5.91 Å². The molecule has 5 nitrogen and oxygen atoms in total. The van der Waals surface area contributed by atoms with Gasteiger partial charge in [0.05, 0.1) is 11.9 Å². The first-order valence-electron chi connectivity index (χ1n) is 9.01. The number of benzene rings is 1. The van der Waals surface area contributed by atoms with E-state index in [0.717, 1.165) is 43.8 Å². The van der Waals surface area contributed by atoms with E-state index in [-0.39, 0.29) is 5.91 Å². The van der Waals surface area contributed by atoms with Gasteiger partial charge in [0.25, 0.3) is 0 Å². The van der Waals surface area contributed by atoms with Gasteiger partial charge in [-0.1, -0.05) is 18.2 Å². The van der Waals surface area contributed by atoms with E-state index in [0.29, 0.717) is 6.42 Å². The Morgan fingerprint density at radius 2 is 1.73 bits per heavy atom. The lowest BCUT2D eigenvalue weighted by Crippen LogP contribution is -2.48. The Balaban J connectivity index is 1.32. The molecular weight excluding hydrogens is 324 g/mol. The molecule has 0 radical (unpaired) electrons. The van der Waals surface area contributed by atoms with Gasteiger partial charge in [-0.3, -0.25) is 19.7 Å². The topological polar surface area (TPSA) is 49.3 Å². The van der Waals surface area contributed by atoms with Crippen LogP contribution < -0.4 is 0 Å². The molecule has 0 unspecified atom stereocenters. The van der Waals surface area contributed by atoms with Gasteiger partial charge in [-0.25, -0.2) is 0 Å². The normalized spacial score (nSPS) is 15.3. The van der Waals surface area contributed by atoms with Gasteiger partial charge < -0.3 is 4.90 Å². The minimum atomic E-state index is 0.197. The summed E-state index contributed by atoms with van der Waals surface area (Å²) in [5.74, 6) is 0.197. The number of hydrogen-bond acceptors (Lipinski definition) is 4. The molecule has 1 aliphatic heterocycles. The minimum absolute atomic E-state index is 0.197. The van der Waals surface area contributed by atoms with Crippen molar-refractivity contribution in [3.05, 3.63) is 72.2 Å². The highest BCUT2D eigenvalue weighted by Gasteiger charge is 2.21. The number of nitrogens with zero attached hydrogens (tertiary/aromatic N) is 4. The van der Waals surface area contributed by atoms with Crippen LogP contribution in [0.2, 0.25) is 0 Å². The predicted molar refractivity (Wildman–Crippen MR) is 102 cm³/mol. The number of rotatable bonds is 4. The van der Waals surface area contributed by atoms with E-state index in [1.165, 1.54) is 10.9 Å². The fourth-order valence-corrected chi connectivity index (χ4v) is 3.40. The molecule has 3 aromatic rings. The van der Waals surface area contributed by atoms with Crippen molar-refractivity contribution >= 4 is 16.8 Å². The van der Waals surface area contributed by atoms with Gasteiger partial charge >= 0.3 is 0 Å². The highest BCUT2D eigenvalue weighted by Crippen LogP contribution is 2.15. The van der Waals surface area contributed by atoms with Crippen molar-refractivity contribution in [2.45, 2.75) is 13.0 Å². The van der Waals surface area contributed by atoms with Crippen LogP contribution >= 0.6 is 0 Å². The lowest BCUT2D eigenvalue weighted by Gasteiger charge is -2.34. The molecule has 1 aromatic carbocycles. The monoisotopic (exact) mass is 346 g/mol. The first-order chi connectivity index (χ1) is 12.8. The van der Waals surface area contributed by atoms with Crippen LogP contribution in [0.3, 0.4) is 0 Å². The first kappa shape index (κ1) is 16.7. The van der Waals surface area contributed by atoms with Crippen LogP contribution in [0.1, 0.15) is 11.1 Å². The Labute approximate surface area is 153 Å². The third kappa shape index (κ3) is 3.89. The zero-order valence-electron chi connectivity index (χ0n) is 14.7. The third-order valence-corrected chi connectivity index (χ3v) is 4.88. The van der Waals surface area contributed by atoms with Crippen LogP contribution in [-0.4, -0.2) is 51.9 Å². The molecule has 5 heteroatoms.